The summed E-state index contributed by atoms with van der Waals surface area (Å²) in [5.74, 6) is 0.946. The van der Waals surface area contributed by atoms with E-state index in [1.807, 2.05) is 65.6 Å². The number of nitrogens with zero attached hydrogens (tertiary/aromatic N) is 4. The van der Waals surface area contributed by atoms with Crippen molar-refractivity contribution in [1.82, 2.24) is 9.88 Å². The first kappa shape index (κ1) is 17.7. The van der Waals surface area contributed by atoms with E-state index in [0.29, 0.717) is 24.2 Å². The molecule has 28 heavy (non-hydrogen) atoms. The molecule has 1 saturated heterocycles. The number of carbonyl (C=O) groups is 1. The third-order valence-corrected chi connectivity index (χ3v) is 5.04. The van der Waals surface area contributed by atoms with E-state index in [9.17, 15) is 10.1 Å². The van der Waals surface area contributed by atoms with E-state index in [4.69, 9.17) is 0 Å². The molecule has 0 aliphatic carbocycles. The van der Waals surface area contributed by atoms with Crippen LogP contribution < -0.4 is 4.90 Å². The summed E-state index contributed by atoms with van der Waals surface area (Å²) in [6.45, 7) is 2.78. The SMILES string of the molecule is N#Cc1ccccc1-c1ccccc1C(=O)N1CCN(c2ccccn2)CC1. The van der Waals surface area contributed by atoms with E-state index in [1.54, 1.807) is 12.3 Å². The highest BCUT2D eigenvalue weighted by molar-refractivity contribution is 6.01. The summed E-state index contributed by atoms with van der Waals surface area (Å²) < 4.78 is 0. The Morgan fingerprint density at radius 2 is 1.54 bits per heavy atom. The van der Waals surface area contributed by atoms with Gasteiger partial charge in [0.1, 0.15) is 5.82 Å². The Labute approximate surface area is 164 Å². The van der Waals surface area contributed by atoms with Crippen LogP contribution in [-0.2, 0) is 0 Å². The lowest BCUT2D eigenvalue weighted by molar-refractivity contribution is 0.0747. The summed E-state index contributed by atoms with van der Waals surface area (Å²) in [5, 5.41) is 9.44. The first-order valence-electron chi connectivity index (χ1n) is 9.32. The van der Waals surface area contributed by atoms with Gasteiger partial charge >= 0.3 is 0 Å². The van der Waals surface area contributed by atoms with Crippen molar-refractivity contribution in [3.8, 4) is 17.2 Å². The van der Waals surface area contributed by atoms with E-state index in [1.165, 1.54) is 0 Å². The normalized spacial score (nSPS) is 13.8. The Kier molecular flexibility index (Phi) is 5.03. The van der Waals surface area contributed by atoms with E-state index in [2.05, 4.69) is 16.0 Å². The van der Waals surface area contributed by atoms with Gasteiger partial charge in [0.05, 0.1) is 11.6 Å². The molecular weight excluding hydrogens is 348 g/mol. The van der Waals surface area contributed by atoms with E-state index in [-0.39, 0.29) is 5.91 Å². The van der Waals surface area contributed by atoms with Gasteiger partial charge in [0.2, 0.25) is 0 Å². The molecule has 1 aliphatic heterocycles. The average molecular weight is 368 g/mol. The summed E-state index contributed by atoms with van der Waals surface area (Å²) in [7, 11) is 0. The molecule has 5 nitrogen and oxygen atoms in total. The number of carbonyl (C=O) groups excluding carboxylic acids is 1. The molecule has 0 radical (unpaired) electrons. The number of pyridine rings is 1. The molecule has 3 aromatic rings. The van der Waals surface area contributed by atoms with Crippen LogP contribution in [0.4, 0.5) is 5.82 Å². The molecular formula is C23H20N4O. The van der Waals surface area contributed by atoms with Crippen LogP contribution in [0.15, 0.2) is 72.9 Å². The Morgan fingerprint density at radius 3 is 2.25 bits per heavy atom. The first-order valence-corrected chi connectivity index (χ1v) is 9.32. The van der Waals surface area contributed by atoms with Gasteiger partial charge in [-0.2, -0.15) is 5.26 Å². The zero-order valence-corrected chi connectivity index (χ0v) is 15.5. The molecule has 4 rings (SSSR count). The second kappa shape index (κ2) is 7.93. The van der Waals surface area contributed by atoms with E-state index in [0.717, 1.165) is 30.0 Å². The lowest BCUT2D eigenvalue weighted by atomic mass is 9.95. The standard InChI is InChI=1S/C23H20N4O/c24-17-18-7-1-2-8-19(18)20-9-3-4-10-21(20)23(28)27-15-13-26(14-16-27)22-11-5-6-12-25-22/h1-12H,13-16H2. The van der Waals surface area contributed by atoms with Gasteiger partial charge in [-0.15, -0.1) is 0 Å². The van der Waals surface area contributed by atoms with Crippen molar-refractivity contribution >= 4 is 11.7 Å². The molecule has 1 fully saturated rings. The van der Waals surface area contributed by atoms with Crippen LogP contribution in [0, 0.1) is 11.3 Å². The predicted octanol–water partition coefficient (Wildman–Crippen LogP) is 3.58. The molecule has 138 valence electrons. The zero-order valence-electron chi connectivity index (χ0n) is 15.5. The second-order valence-electron chi connectivity index (χ2n) is 6.67. The molecule has 0 bridgehead atoms. The third kappa shape index (κ3) is 3.45. The largest absolute Gasteiger partial charge is 0.353 e. The molecule has 2 aromatic carbocycles. The monoisotopic (exact) mass is 368 g/mol. The highest BCUT2D eigenvalue weighted by Gasteiger charge is 2.25. The molecule has 0 spiro atoms. The molecule has 0 saturated carbocycles. The van der Waals surface area contributed by atoms with Crippen LogP contribution >= 0.6 is 0 Å². The van der Waals surface area contributed by atoms with Gasteiger partial charge in [0.25, 0.3) is 5.91 Å². The molecule has 1 aromatic heterocycles. The van der Waals surface area contributed by atoms with Crippen molar-refractivity contribution in [2.45, 2.75) is 0 Å². The van der Waals surface area contributed by atoms with Gasteiger partial charge < -0.3 is 9.80 Å². The Balaban J connectivity index is 1.56. The summed E-state index contributed by atoms with van der Waals surface area (Å²) in [6.07, 6.45) is 1.79. The van der Waals surface area contributed by atoms with Crippen LogP contribution in [0.1, 0.15) is 15.9 Å². The summed E-state index contributed by atoms with van der Waals surface area (Å²) in [4.78, 5) is 21.7. The van der Waals surface area contributed by atoms with E-state index >= 15 is 0 Å². The van der Waals surface area contributed by atoms with Gasteiger partial charge in [0, 0.05) is 43.5 Å². The number of nitriles is 1. The number of anilines is 1. The topological polar surface area (TPSA) is 60.2 Å². The minimum atomic E-state index is 0.00372. The van der Waals surface area contributed by atoms with Gasteiger partial charge in [-0.25, -0.2) is 4.98 Å². The molecule has 1 amide bonds. The lowest BCUT2D eigenvalue weighted by Gasteiger charge is -2.35. The van der Waals surface area contributed by atoms with E-state index < -0.39 is 0 Å². The van der Waals surface area contributed by atoms with Crippen LogP contribution in [0.25, 0.3) is 11.1 Å². The molecule has 1 aliphatic rings. The van der Waals surface area contributed by atoms with Crippen molar-refractivity contribution in [3.05, 3.63) is 84.1 Å². The third-order valence-electron chi connectivity index (χ3n) is 5.04. The number of piperazine rings is 1. The zero-order chi connectivity index (χ0) is 19.3. The summed E-state index contributed by atoms with van der Waals surface area (Å²) >= 11 is 0. The van der Waals surface area contributed by atoms with Crippen LogP contribution in [-0.4, -0.2) is 42.0 Å². The van der Waals surface area contributed by atoms with Gasteiger partial charge in [-0.3, -0.25) is 4.79 Å². The number of hydrogen-bond acceptors (Lipinski definition) is 4. The first-order chi connectivity index (χ1) is 13.8. The summed E-state index contributed by atoms with van der Waals surface area (Å²) in [6, 6.07) is 23.0. The highest BCUT2D eigenvalue weighted by atomic mass is 16.2. The quantitative estimate of drug-likeness (QED) is 0.709. The van der Waals surface area contributed by atoms with Crippen molar-refractivity contribution in [1.29, 1.82) is 5.26 Å². The predicted molar refractivity (Wildman–Crippen MR) is 109 cm³/mol. The fourth-order valence-electron chi connectivity index (χ4n) is 3.57. The number of rotatable bonds is 3. The maximum absolute atomic E-state index is 13.2. The minimum Gasteiger partial charge on any atom is -0.353 e. The smallest absolute Gasteiger partial charge is 0.254 e. The number of benzene rings is 2. The van der Waals surface area contributed by atoms with Gasteiger partial charge in [-0.1, -0.05) is 42.5 Å². The molecule has 0 unspecified atom stereocenters. The maximum atomic E-state index is 13.2. The van der Waals surface area contributed by atoms with Crippen molar-refractivity contribution in [2.75, 3.05) is 31.1 Å². The fourth-order valence-corrected chi connectivity index (χ4v) is 3.57. The second-order valence-corrected chi connectivity index (χ2v) is 6.67. The van der Waals surface area contributed by atoms with Crippen molar-refractivity contribution in [2.24, 2.45) is 0 Å². The van der Waals surface area contributed by atoms with Crippen molar-refractivity contribution < 1.29 is 4.79 Å². The number of hydrogen-bond donors (Lipinski definition) is 0. The van der Waals surface area contributed by atoms with Gasteiger partial charge in [0.15, 0.2) is 0 Å². The van der Waals surface area contributed by atoms with Gasteiger partial charge in [-0.05, 0) is 29.8 Å². The van der Waals surface area contributed by atoms with Crippen LogP contribution in [0.5, 0.6) is 0 Å². The molecule has 2 heterocycles. The molecule has 5 heteroatoms. The Morgan fingerprint density at radius 1 is 0.857 bits per heavy atom. The molecule has 0 atom stereocenters. The minimum absolute atomic E-state index is 0.00372. The maximum Gasteiger partial charge on any atom is 0.254 e. The number of aromatic nitrogens is 1. The average Bonchev–Trinajstić information content (AvgIpc) is 2.79. The van der Waals surface area contributed by atoms with Crippen LogP contribution in [0.3, 0.4) is 0 Å². The fraction of sp³-hybridized carbons (Fsp3) is 0.174. The van der Waals surface area contributed by atoms with Crippen LogP contribution in [0.2, 0.25) is 0 Å². The lowest BCUT2D eigenvalue weighted by Crippen LogP contribution is -2.49. The molecule has 0 N–H and O–H groups in total. The summed E-state index contributed by atoms with van der Waals surface area (Å²) in [5.41, 5.74) is 2.80. The highest BCUT2D eigenvalue weighted by Crippen LogP contribution is 2.28. The number of amides is 1. The van der Waals surface area contributed by atoms with Crippen molar-refractivity contribution in [3.63, 3.8) is 0 Å². The Bertz CT molecular complexity index is 1020. The Hall–Kier alpha value is -3.65.